The van der Waals surface area contributed by atoms with E-state index in [9.17, 15) is 0 Å². The molecule has 0 saturated carbocycles. The Hall–Kier alpha value is -4.96. The summed E-state index contributed by atoms with van der Waals surface area (Å²) in [6, 6.07) is 41.4. The van der Waals surface area contributed by atoms with Crippen molar-refractivity contribution in [3.63, 3.8) is 0 Å². The van der Waals surface area contributed by atoms with Gasteiger partial charge in [-0.15, -0.1) is 47.5 Å². The molecule has 221 valence electrons. The molecule has 1 radical (unpaired) electrons. The van der Waals surface area contributed by atoms with E-state index in [-0.39, 0.29) is 20.1 Å². The molecule has 0 aliphatic rings. The molecule has 0 saturated heterocycles. The topological polar surface area (TPSA) is 51.8 Å². The van der Waals surface area contributed by atoms with Crippen molar-refractivity contribution in [1.82, 2.24) is 15.0 Å². The van der Waals surface area contributed by atoms with E-state index in [4.69, 9.17) is 4.42 Å². The van der Waals surface area contributed by atoms with Gasteiger partial charge in [-0.3, -0.25) is 4.98 Å². The third-order valence-electron chi connectivity index (χ3n) is 7.98. The van der Waals surface area contributed by atoms with Crippen LogP contribution < -0.4 is 0 Å². The van der Waals surface area contributed by atoms with E-state index in [1.54, 1.807) is 12.4 Å². The zero-order valence-corrected chi connectivity index (χ0v) is 27.5. The van der Waals surface area contributed by atoms with E-state index in [0.29, 0.717) is 0 Å². The van der Waals surface area contributed by atoms with Crippen LogP contribution in [-0.2, 0) is 20.1 Å². The van der Waals surface area contributed by atoms with Crippen LogP contribution in [0.5, 0.6) is 0 Å². The minimum absolute atomic E-state index is 0. The van der Waals surface area contributed by atoms with E-state index < -0.39 is 0 Å². The van der Waals surface area contributed by atoms with Crippen LogP contribution in [0.25, 0.3) is 66.5 Å². The number of nitrogens with zero attached hydrogens (tertiary/aromatic N) is 3. The zero-order chi connectivity index (χ0) is 30.0. The third kappa shape index (κ3) is 5.93. The van der Waals surface area contributed by atoms with Crippen molar-refractivity contribution >= 4 is 32.8 Å². The van der Waals surface area contributed by atoms with Gasteiger partial charge in [-0.25, -0.2) is 0 Å². The maximum absolute atomic E-state index is 6.22. The Morgan fingerprint density at radius 3 is 2.22 bits per heavy atom. The number of aryl methyl sites for hydroxylation is 3. The summed E-state index contributed by atoms with van der Waals surface area (Å²) in [5, 5.41) is 3.20. The summed E-state index contributed by atoms with van der Waals surface area (Å²) in [7, 11) is 0. The number of hydrogen-bond donors (Lipinski definition) is 0. The monoisotopic (exact) mass is 760 g/mol. The molecular formula is C40H29IrN3O-2. The zero-order valence-electron chi connectivity index (χ0n) is 25.1. The van der Waals surface area contributed by atoms with Crippen molar-refractivity contribution in [2.75, 3.05) is 0 Å². The maximum atomic E-state index is 6.22. The number of furan rings is 1. The van der Waals surface area contributed by atoms with Gasteiger partial charge in [0.2, 0.25) is 0 Å². The fourth-order valence-electron chi connectivity index (χ4n) is 5.45. The molecule has 5 heteroatoms. The second-order valence-corrected chi connectivity index (χ2v) is 10.9. The first-order chi connectivity index (χ1) is 21.6. The third-order valence-corrected chi connectivity index (χ3v) is 7.98. The van der Waals surface area contributed by atoms with Gasteiger partial charge in [-0.1, -0.05) is 95.7 Å². The first kappa shape index (κ1) is 30.1. The van der Waals surface area contributed by atoms with Crippen LogP contribution in [0.2, 0.25) is 0 Å². The molecule has 0 spiro atoms. The van der Waals surface area contributed by atoms with Crippen LogP contribution in [0, 0.1) is 32.9 Å². The second-order valence-electron chi connectivity index (χ2n) is 10.9. The quantitative estimate of drug-likeness (QED) is 0.168. The molecule has 0 amide bonds. The van der Waals surface area contributed by atoms with Gasteiger partial charge >= 0.3 is 0 Å². The summed E-state index contributed by atoms with van der Waals surface area (Å²) >= 11 is 0. The summed E-state index contributed by atoms with van der Waals surface area (Å²) in [5.41, 5.74) is 12.4. The van der Waals surface area contributed by atoms with E-state index in [2.05, 4.69) is 102 Å². The molecule has 4 heterocycles. The summed E-state index contributed by atoms with van der Waals surface area (Å²) < 4.78 is 6.22. The standard InChI is InChI=1S/C20H11N2O.C20H18N.Ir/c1-2-11-21-17(8-1)16-7-3-6-14-15-10-9-13-5-4-12-22-18(13)20(15)23-19(14)16;1-14-9-10-18(20-11-15(2)16(3)13-21-20)12-19(14)17-7-5-4-6-8-17;/h1-6,8-12H;4-9,11-13H,1-3H3;/q2*-1;. The number of benzene rings is 4. The minimum atomic E-state index is 0. The Kier molecular flexibility index (Phi) is 8.66. The van der Waals surface area contributed by atoms with Crippen LogP contribution >= 0.6 is 0 Å². The molecule has 8 aromatic rings. The molecule has 4 aromatic carbocycles. The summed E-state index contributed by atoms with van der Waals surface area (Å²) in [4.78, 5) is 13.5. The smallest absolute Gasteiger partial charge is 0.147 e. The van der Waals surface area contributed by atoms with Crippen LogP contribution in [0.3, 0.4) is 0 Å². The molecule has 0 bridgehead atoms. The maximum Gasteiger partial charge on any atom is 0.147 e. The SMILES string of the molecule is Cc1cnc(-c2[c-]cc(C)c(-c3ccccc3)c2)cc1C.[Ir].[c-]1ccc2c(oc3c2ccc2cccnc23)c1-c1ccccn1. The number of hydrogen-bond acceptors (Lipinski definition) is 4. The van der Waals surface area contributed by atoms with Crippen molar-refractivity contribution in [3.05, 3.63) is 151 Å². The Balaban J connectivity index is 0.000000156. The predicted octanol–water partition coefficient (Wildman–Crippen LogP) is 10.1. The number of rotatable bonds is 3. The molecule has 45 heavy (non-hydrogen) atoms. The molecule has 8 rings (SSSR count). The van der Waals surface area contributed by atoms with Gasteiger partial charge in [0.05, 0.1) is 5.58 Å². The fourth-order valence-corrected chi connectivity index (χ4v) is 5.45. The predicted molar refractivity (Wildman–Crippen MR) is 179 cm³/mol. The molecule has 4 nitrogen and oxygen atoms in total. The van der Waals surface area contributed by atoms with Crippen molar-refractivity contribution < 1.29 is 24.5 Å². The Morgan fingerprint density at radius 1 is 0.622 bits per heavy atom. The number of fused-ring (bicyclic) bond motifs is 5. The molecule has 0 fully saturated rings. The first-order valence-corrected chi connectivity index (χ1v) is 14.6. The Labute approximate surface area is 276 Å². The van der Waals surface area contributed by atoms with Crippen molar-refractivity contribution in [1.29, 1.82) is 0 Å². The van der Waals surface area contributed by atoms with E-state index in [1.165, 1.54) is 27.8 Å². The number of aromatic nitrogens is 3. The van der Waals surface area contributed by atoms with Crippen LogP contribution in [0.15, 0.2) is 126 Å². The van der Waals surface area contributed by atoms with Gasteiger partial charge in [0.1, 0.15) is 11.1 Å². The van der Waals surface area contributed by atoms with Gasteiger partial charge in [0.15, 0.2) is 0 Å². The van der Waals surface area contributed by atoms with E-state index in [0.717, 1.165) is 55.4 Å². The fraction of sp³-hybridized carbons (Fsp3) is 0.0750. The molecule has 0 aliphatic carbocycles. The molecule has 0 unspecified atom stereocenters. The molecule has 4 aromatic heterocycles. The van der Waals surface area contributed by atoms with Crippen LogP contribution in [0.4, 0.5) is 0 Å². The van der Waals surface area contributed by atoms with Gasteiger partial charge < -0.3 is 14.4 Å². The van der Waals surface area contributed by atoms with Gasteiger partial charge in [0.25, 0.3) is 0 Å². The van der Waals surface area contributed by atoms with Gasteiger partial charge in [0, 0.05) is 49.5 Å². The van der Waals surface area contributed by atoms with E-state index in [1.807, 2.05) is 54.7 Å². The molecule has 0 N–H and O–H groups in total. The molecule has 0 atom stereocenters. The summed E-state index contributed by atoms with van der Waals surface area (Å²) in [6.45, 7) is 6.32. The average Bonchev–Trinajstić information content (AvgIpc) is 3.47. The second kappa shape index (κ2) is 13.0. The van der Waals surface area contributed by atoms with E-state index >= 15 is 0 Å². The summed E-state index contributed by atoms with van der Waals surface area (Å²) in [5.74, 6) is 0. The first-order valence-electron chi connectivity index (χ1n) is 14.6. The van der Waals surface area contributed by atoms with Gasteiger partial charge in [-0.2, -0.15) is 0 Å². The van der Waals surface area contributed by atoms with Crippen LogP contribution in [-0.4, -0.2) is 15.0 Å². The summed E-state index contributed by atoms with van der Waals surface area (Å²) in [6.07, 6.45) is 5.50. The Bertz CT molecular complexity index is 2260. The van der Waals surface area contributed by atoms with Gasteiger partial charge in [-0.05, 0) is 48.5 Å². The Morgan fingerprint density at radius 2 is 1.42 bits per heavy atom. The number of pyridine rings is 3. The van der Waals surface area contributed by atoms with Crippen molar-refractivity contribution in [2.24, 2.45) is 0 Å². The van der Waals surface area contributed by atoms with Crippen molar-refractivity contribution in [3.8, 4) is 33.6 Å². The normalized spacial score (nSPS) is 10.8. The largest absolute Gasteiger partial charge is 0.498 e. The molecular weight excluding hydrogens is 731 g/mol. The van der Waals surface area contributed by atoms with Crippen LogP contribution in [0.1, 0.15) is 16.7 Å². The average molecular weight is 760 g/mol. The van der Waals surface area contributed by atoms with Crippen molar-refractivity contribution in [2.45, 2.75) is 20.8 Å². The molecule has 0 aliphatic heterocycles. The minimum Gasteiger partial charge on any atom is -0.498 e.